The highest BCUT2D eigenvalue weighted by molar-refractivity contribution is 5.91. The SMILES string of the molecule is O=C(C=Cc1ccc(O)c(O)c1)OC1(OC(=O)C=Cc2ccc(O)c(O)c2)CC(O)C(O)CC1(O)C(=O)O. The third-order valence-corrected chi connectivity index (χ3v) is 5.76. The number of aromatic hydroxyl groups is 4. The Balaban J connectivity index is 1.93. The number of benzene rings is 2. The van der Waals surface area contributed by atoms with Gasteiger partial charge in [0.15, 0.2) is 23.0 Å². The predicted octanol–water partition coefficient (Wildman–Crippen LogP) is 0.350. The van der Waals surface area contributed by atoms with E-state index >= 15 is 0 Å². The molecule has 3 atom stereocenters. The number of ether oxygens (including phenoxy) is 2. The standard InChI is InChI=1S/C25H24O13/c26-15-5-1-13(9-17(15)28)3-7-21(32)37-25(12-20(31)19(30)11-24(25,36)23(34)35)38-22(33)8-4-14-2-6-16(27)18(29)10-14/h1-10,19-20,26-31,36H,11-12H2,(H,34,35). The number of aliphatic hydroxyl groups excluding tert-OH is 2. The third-order valence-electron chi connectivity index (χ3n) is 5.76. The summed E-state index contributed by atoms with van der Waals surface area (Å²) in [6.45, 7) is 0. The van der Waals surface area contributed by atoms with Crippen LogP contribution in [0.4, 0.5) is 0 Å². The Morgan fingerprint density at radius 2 is 1.16 bits per heavy atom. The molecule has 3 unspecified atom stereocenters. The summed E-state index contributed by atoms with van der Waals surface area (Å²) in [5.74, 6) is -9.53. The molecule has 2 aromatic rings. The van der Waals surface area contributed by atoms with Gasteiger partial charge in [0.2, 0.25) is 5.60 Å². The lowest BCUT2D eigenvalue weighted by molar-refractivity contribution is -0.317. The Bertz CT molecular complexity index is 1220. The first kappa shape index (κ1) is 28.0. The van der Waals surface area contributed by atoms with Gasteiger partial charge in [-0.3, -0.25) is 0 Å². The van der Waals surface area contributed by atoms with Crippen LogP contribution in [-0.2, 0) is 23.9 Å². The fourth-order valence-electron chi connectivity index (χ4n) is 3.71. The third kappa shape index (κ3) is 5.86. The fraction of sp³-hybridized carbons (Fsp3) is 0.240. The van der Waals surface area contributed by atoms with Gasteiger partial charge in [0, 0.05) is 18.6 Å². The van der Waals surface area contributed by atoms with Gasteiger partial charge >= 0.3 is 17.9 Å². The van der Waals surface area contributed by atoms with Gasteiger partial charge in [-0.15, -0.1) is 0 Å². The highest BCUT2D eigenvalue weighted by Crippen LogP contribution is 2.42. The molecule has 0 radical (unpaired) electrons. The second-order valence-electron chi connectivity index (χ2n) is 8.47. The number of phenolic OH excluding ortho intramolecular Hbond substituents is 4. The largest absolute Gasteiger partial charge is 0.504 e. The molecule has 0 saturated heterocycles. The van der Waals surface area contributed by atoms with Crippen molar-refractivity contribution in [1.82, 2.24) is 0 Å². The molecule has 13 nitrogen and oxygen atoms in total. The van der Waals surface area contributed by atoms with Crippen molar-refractivity contribution < 1.29 is 64.7 Å². The van der Waals surface area contributed by atoms with Crippen molar-refractivity contribution in [2.75, 3.05) is 0 Å². The Morgan fingerprint density at radius 1 is 0.737 bits per heavy atom. The summed E-state index contributed by atoms with van der Waals surface area (Å²) in [7, 11) is 0. The van der Waals surface area contributed by atoms with Crippen LogP contribution in [-0.4, -0.2) is 82.4 Å². The van der Waals surface area contributed by atoms with Crippen LogP contribution in [0.5, 0.6) is 23.0 Å². The second-order valence-corrected chi connectivity index (χ2v) is 8.47. The van der Waals surface area contributed by atoms with E-state index in [-0.39, 0.29) is 11.1 Å². The Kier molecular flexibility index (Phi) is 7.96. The van der Waals surface area contributed by atoms with Crippen molar-refractivity contribution in [2.24, 2.45) is 0 Å². The number of esters is 2. The number of carboxylic acids is 1. The van der Waals surface area contributed by atoms with Crippen LogP contribution in [0.2, 0.25) is 0 Å². The van der Waals surface area contributed by atoms with E-state index in [1.807, 2.05) is 0 Å². The number of carbonyl (C=O) groups is 3. The number of carboxylic acid groups (broad SMARTS) is 1. The van der Waals surface area contributed by atoms with Crippen LogP contribution in [0, 0.1) is 0 Å². The lowest BCUT2D eigenvalue weighted by Crippen LogP contribution is -2.69. The summed E-state index contributed by atoms with van der Waals surface area (Å²) >= 11 is 0. The van der Waals surface area contributed by atoms with Crippen molar-refractivity contribution in [2.45, 2.75) is 36.4 Å². The number of phenols is 4. The number of carbonyl (C=O) groups excluding carboxylic acids is 2. The summed E-state index contributed by atoms with van der Waals surface area (Å²) < 4.78 is 10.2. The molecule has 2 aromatic carbocycles. The molecule has 13 heteroatoms. The first-order valence-electron chi connectivity index (χ1n) is 10.9. The fourth-order valence-corrected chi connectivity index (χ4v) is 3.71. The molecule has 0 aliphatic heterocycles. The summed E-state index contributed by atoms with van der Waals surface area (Å²) in [5.41, 5.74) is -2.78. The Labute approximate surface area is 214 Å². The van der Waals surface area contributed by atoms with Gasteiger partial charge in [-0.05, 0) is 47.5 Å². The van der Waals surface area contributed by atoms with E-state index in [0.29, 0.717) is 0 Å². The lowest BCUT2D eigenvalue weighted by atomic mass is 9.75. The number of hydrogen-bond acceptors (Lipinski definition) is 12. The molecule has 1 aliphatic rings. The van der Waals surface area contributed by atoms with Gasteiger partial charge in [-0.2, -0.15) is 0 Å². The average molecular weight is 532 g/mol. The molecule has 0 bridgehead atoms. The van der Waals surface area contributed by atoms with Crippen molar-refractivity contribution in [1.29, 1.82) is 0 Å². The maximum Gasteiger partial charge on any atom is 0.344 e. The van der Waals surface area contributed by atoms with E-state index in [2.05, 4.69) is 0 Å². The zero-order chi connectivity index (χ0) is 28.3. The van der Waals surface area contributed by atoms with Crippen molar-refractivity contribution in [3.63, 3.8) is 0 Å². The molecule has 1 fully saturated rings. The molecule has 3 rings (SSSR count). The summed E-state index contributed by atoms with van der Waals surface area (Å²) in [5, 5.41) is 78.8. The van der Waals surface area contributed by atoms with Crippen LogP contribution < -0.4 is 0 Å². The normalized spacial score (nSPS) is 25.3. The maximum atomic E-state index is 12.6. The van der Waals surface area contributed by atoms with E-state index < -0.39 is 77.3 Å². The van der Waals surface area contributed by atoms with Gasteiger partial charge in [0.05, 0.1) is 18.6 Å². The van der Waals surface area contributed by atoms with E-state index in [1.165, 1.54) is 12.1 Å². The maximum absolute atomic E-state index is 12.6. The quantitative estimate of drug-likeness (QED) is 0.104. The summed E-state index contributed by atoms with van der Waals surface area (Å²) in [6.07, 6.45) is -1.94. The van der Waals surface area contributed by atoms with E-state index in [0.717, 1.165) is 48.6 Å². The van der Waals surface area contributed by atoms with E-state index in [4.69, 9.17) is 9.47 Å². The van der Waals surface area contributed by atoms with Crippen LogP contribution in [0.3, 0.4) is 0 Å². The molecular formula is C25H24O13. The number of aliphatic carboxylic acids is 1. The minimum absolute atomic E-state index is 0.205. The van der Waals surface area contributed by atoms with Crippen molar-refractivity contribution >= 4 is 30.1 Å². The van der Waals surface area contributed by atoms with Gasteiger partial charge in [0.25, 0.3) is 5.79 Å². The molecule has 202 valence electrons. The molecule has 1 saturated carbocycles. The minimum atomic E-state index is -3.19. The summed E-state index contributed by atoms with van der Waals surface area (Å²) in [6, 6.07) is 7.08. The minimum Gasteiger partial charge on any atom is -0.504 e. The second kappa shape index (κ2) is 10.8. The number of hydrogen-bond donors (Lipinski definition) is 8. The van der Waals surface area contributed by atoms with E-state index in [9.17, 15) is 55.2 Å². The Morgan fingerprint density at radius 3 is 1.55 bits per heavy atom. The van der Waals surface area contributed by atoms with Crippen LogP contribution >= 0.6 is 0 Å². The summed E-state index contributed by atoms with van der Waals surface area (Å²) in [4.78, 5) is 37.3. The molecule has 0 aromatic heterocycles. The van der Waals surface area contributed by atoms with Crippen LogP contribution in [0.25, 0.3) is 12.2 Å². The van der Waals surface area contributed by atoms with Crippen LogP contribution in [0.15, 0.2) is 48.6 Å². The molecule has 38 heavy (non-hydrogen) atoms. The number of aliphatic hydroxyl groups is 3. The topological polar surface area (TPSA) is 232 Å². The van der Waals surface area contributed by atoms with E-state index in [1.54, 1.807) is 0 Å². The van der Waals surface area contributed by atoms with Crippen LogP contribution in [0.1, 0.15) is 24.0 Å². The highest BCUT2D eigenvalue weighted by atomic mass is 16.7. The molecule has 0 spiro atoms. The zero-order valence-corrected chi connectivity index (χ0v) is 19.5. The average Bonchev–Trinajstić information content (AvgIpc) is 2.84. The van der Waals surface area contributed by atoms with Gasteiger partial charge in [-0.25, -0.2) is 14.4 Å². The highest BCUT2D eigenvalue weighted by Gasteiger charge is 2.67. The Hall–Kier alpha value is -4.59. The predicted molar refractivity (Wildman–Crippen MR) is 126 cm³/mol. The molecule has 8 N–H and O–H groups in total. The van der Waals surface area contributed by atoms with Crippen molar-refractivity contribution in [3.8, 4) is 23.0 Å². The van der Waals surface area contributed by atoms with Gasteiger partial charge in [-0.1, -0.05) is 12.1 Å². The molecular weight excluding hydrogens is 508 g/mol. The van der Waals surface area contributed by atoms with Crippen molar-refractivity contribution in [3.05, 3.63) is 59.7 Å². The molecule has 0 amide bonds. The van der Waals surface area contributed by atoms with Gasteiger partial charge < -0.3 is 50.3 Å². The zero-order valence-electron chi connectivity index (χ0n) is 19.5. The number of rotatable bonds is 7. The molecule has 1 aliphatic carbocycles. The first-order chi connectivity index (χ1) is 17.8. The first-order valence-corrected chi connectivity index (χ1v) is 10.9. The van der Waals surface area contributed by atoms with Gasteiger partial charge in [0.1, 0.15) is 0 Å². The monoisotopic (exact) mass is 532 g/mol. The smallest absolute Gasteiger partial charge is 0.344 e. The molecule has 0 heterocycles. The lowest BCUT2D eigenvalue weighted by Gasteiger charge is -2.47.